The normalized spacial score (nSPS) is 12.5. The molecule has 1 N–H and O–H groups in total. The number of hydrogen-bond donors (Lipinski definition) is 1. The molecule has 29 heavy (non-hydrogen) atoms. The third kappa shape index (κ3) is 6.34. The van der Waals surface area contributed by atoms with Gasteiger partial charge in [0.15, 0.2) is 0 Å². The first-order valence-corrected chi connectivity index (χ1v) is 9.78. The molecule has 1 amide bonds. The highest BCUT2D eigenvalue weighted by Crippen LogP contribution is 2.31. The van der Waals surface area contributed by atoms with Gasteiger partial charge in [-0.05, 0) is 70.7 Å². The van der Waals surface area contributed by atoms with Gasteiger partial charge in [0.2, 0.25) is 0 Å². The van der Waals surface area contributed by atoms with Crippen LogP contribution in [0.4, 0.5) is 4.79 Å². The Morgan fingerprint density at radius 1 is 1.21 bits per heavy atom. The van der Waals surface area contributed by atoms with Gasteiger partial charge in [0.1, 0.15) is 23.0 Å². The van der Waals surface area contributed by atoms with Gasteiger partial charge in [0.25, 0.3) is 0 Å². The maximum atomic E-state index is 12.6. The summed E-state index contributed by atoms with van der Waals surface area (Å²) in [6, 6.07) is 3.98. The Kier molecular flexibility index (Phi) is 7.06. The maximum Gasteiger partial charge on any atom is 0.408 e. The minimum absolute atomic E-state index is 0.303. The molecule has 0 spiro atoms. The van der Waals surface area contributed by atoms with Crippen LogP contribution in [0.25, 0.3) is 11.0 Å². The van der Waals surface area contributed by atoms with Crippen molar-refractivity contribution in [3.05, 3.63) is 39.7 Å². The van der Waals surface area contributed by atoms with E-state index in [2.05, 4.69) is 12.2 Å². The van der Waals surface area contributed by atoms with Crippen molar-refractivity contribution in [2.45, 2.75) is 72.4 Å². The van der Waals surface area contributed by atoms with Gasteiger partial charge in [-0.2, -0.15) is 0 Å². The Balaban J connectivity index is 2.31. The first-order chi connectivity index (χ1) is 13.5. The summed E-state index contributed by atoms with van der Waals surface area (Å²) in [7, 11) is 0. The fraction of sp³-hybridized carbons (Fsp3) is 0.500. The summed E-state index contributed by atoms with van der Waals surface area (Å²) in [5.41, 5.74) is 0.815. The summed E-state index contributed by atoms with van der Waals surface area (Å²) in [6.45, 7) is 10.6. The van der Waals surface area contributed by atoms with Crippen molar-refractivity contribution in [2.75, 3.05) is 0 Å². The average Bonchev–Trinajstić information content (AvgIpc) is 2.56. The van der Waals surface area contributed by atoms with Crippen LogP contribution in [0.3, 0.4) is 0 Å². The Bertz CT molecular complexity index is 954. The van der Waals surface area contributed by atoms with Crippen molar-refractivity contribution in [3.8, 4) is 5.75 Å². The monoisotopic (exact) mass is 403 g/mol. The van der Waals surface area contributed by atoms with Crippen molar-refractivity contribution >= 4 is 23.0 Å². The number of alkyl carbamates (subject to hydrolysis) is 1. The number of benzene rings is 1. The van der Waals surface area contributed by atoms with E-state index in [1.54, 1.807) is 32.9 Å². The zero-order valence-corrected chi connectivity index (χ0v) is 17.9. The SMILES string of the molecule is CCCCc1cc(=O)oc2cc(C)cc(OC(=O)[C@@H](C)NC(=O)OC(C)(C)C)c12. The lowest BCUT2D eigenvalue weighted by molar-refractivity contribution is -0.136. The molecule has 0 saturated heterocycles. The van der Waals surface area contributed by atoms with Crippen LogP contribution >= 0.6 is 0 Å². The molecule has 0 aliphatic carbocycles. The summed E-state index contributed by atoms with van der Waals surface area (Å²) in [5, 5.41) is 3.07. The molecule has 7 nitrogen and oxygen atoms in total. The number of carbonyl (C=O) groups excluding carboxylic acids is 2. The van der Waals surface area contributed by atoms with Gasteiger partial charge in [-0.1, -0.05) is 13.3 Å². The van der Waals surface area contributed by atoms with E-state index < -0.39 is 29.3 Å². The largest absolute Gasteiger partial charge is 0.444 e. The maximum absolute atomic E-state index is 12.6. The van der Waals surface area contributed by atoms with Crippen LogP contribution in [0, 0.1) is 6.92 Å². The molecule has 1 heterocycles. The first-order valence-electron chi connectivity index (χ1n) is 9.78. The van der Waals surface area contributed by atoms with E-state index in [4.69, 9.17) is 13.9 Å². The number of amides is 1. The third-order valence-corrected chi connectivity index (χ3v) is 4.13. The Morgan fingerprint density at radius 3 is 2.52 bits per heavy atom. The van der Waals surface area contributed by atoms with Crippen molar-refractivity contribution in [2.24, 2.45) is 0 Å². The van der Waals surface area contributed by atoms with Gasteiger partial charge in [-0.25, -0.2) is 14.4 Å². The van der Waals surface area contributed by atoms with Crippen LogP contribution in [0.15, 0.2) is 27.4 Å². The van der Waals surface area contributed by atoms with Gasteiger partial charge in [0, 0.05) is 6.07 Å². The van der Waals surface area contributed by atoms with Gasteiger partial charge < -0.3 is 19.2 Å². The molecule has 1 aromatic heterocycles. The third-order valence-electron chi connectivity index (χ3n) is 4.13. The predicted octanol–water partition coefficient (Wildman–Crippen LogP) is 4.26. The van der Waals surface area contributed by atoms with Crippen LogP contribution in [0.1, 0.15) is 58.6 Å². The topological polar surface area (TPSA) is 94.8 Å². The molecule has 1 atom stereocenters. The molecule has 2 rings (SSSR count). The zero-order valence-electron chi connectivity index (χ0n) is 17.9. The molecule has 7 heteroatoms. The molecule has 0 saturated carbocycles. The van der Waals surface area contributed by atoms with E-state index in [1.807, 2.05) is 6.92 Å². The number of aryl methyl sites for hydroxylation is 2. The summed E-state index contributed by atoms with van der Waals surface area (Å²) >= 11 is 0. The summed E-state index contributed by atoms with van der Waals surface area (Å²) in [4.78, 5) is 36.4. The smallest absolute Gasteiger partial charge is 0.408 e. The Labute approximate surface area is 170 Å². The number of fused-ring (bicyclic) bond motifs is 1. The number of carbonyl (C=O) groups is 2. The van der Waals surface area contributed by atoms with E-state index in [-0.39, 0.29) is 0 Å². The van der Waals surface area contributed by atoms with Crippen molar-refractivity contribution in [1.82, 2.24) is 5.32 Å². The lowest BCUT2D eigenvalue weighted by Crippen LogP contribution is -2.43. The zero-order chi connectivity index (χ0) is 21.8. The second-order valence-electron chi connectivity index (χ2n) is 8.12. The molecule has 2 aromatic rings. The van der Waals surface area contributed by atoms with Crippen LogP contribution in [0.5, 0.6) is 5.75 Å². The minimum Gasteiger partial charge on any atom is -0.444 e. The molecular weight excluding hydrogens is 374 g/mol. The van der Waals surface area contributed by atoms with E-state index in [1.165, 1.54) is 13.0 Å². The Morgan fingerprint density at radius 2 is 1.90 bits per heavy atom. The highest BCUT2D eigenvalue weighted by Gasteiger charge is 2.23. The molecule has 0 aliphatic rings. The molecule has 0 radical (unpaired) electrons. The number of hydrogen-bond acceptors (Lipinski definition) is 6. The number of esters is 1. The average molecular weight is 403 g/mol. The van der Waals surface area contributed by atoms with Crippen molar-refractivity contribution < 1.29 is 23.5 Å². The summed E-state index contributed by atoms with van der Waals surface area (Å²) < 4.78 is 16.1. The number of rotatable bonds is 6. The minimum atomic E-state index is -0.921. The summed E-state index contributed by atoms with van der Waals surface area (Å²) in [6.07, 6.45) is 1.80. The molecule has 0 aliphatic heterocycles. The van der Waals surface area contributed by atoms with E-state index in [0.29, 0.717) is 23.1 Å². The molecule has 0 unspecified atom stereocenters. The van der Waals surface area contributed by atoms with Crippen LogP contribution < -0.4 is 15.7 Å². The second-order valence-corrected chi connectivity index (χ2v) is 8.12. The lowest BCUT2D eigenvalue weighted by Gasteiger charge is -2.21. The Hall–Kier alpha value is -2.83. The van der Waals surface area contributed by atoms with E-state index in [9.17, 15) is 14.4 Å². The van der Waals surface area contributed by atoms with Gasteiger partial charge in [0.05, 0.1) is 5.39 Å². The highest BCUT2D eigenvalue weighted by molar-refractivity contribution is 5.91. The molecular formula is C22H29NO6. The number of nitrogens with one attached hydrogen (secondary N) is 1. The quantitative estimate of drug-likeness (QED) is 0.440. The van der Waals surface area contributed by atoms with Gasteiger partial charge in [-0.15, -0.1) is 0 Å². The molecule has 1 aromatic carbocycles. The fourth-order valence-corrected chi connectivity index (χ4v) is 2.86. The van der Waals surface area contributed by atoms with E-state index in [0.717, 1.165) is 24.0 Å². The van der Waals surface area contributed by atoms with Crippen LogP contribution in [-0.2, 0) is 16.0 Å². The van der Waals surface area contributed by atoms with Gasteiger partial charge >= 0.3 is 17.7 Å². The van der Waals surface area contributed by atoms with Crippen molar-refractivity contribution in [1.29, 1.82) is 0 Å². The highest BCUT2D eigenvalue weighted by atomic mass is 16.6. The summed E-state index contributed by atoms with van der Waals surface area (Å²) in [5.74, 6) is -0.340. The van der Waals surface area contributed by atoms with E-state index >= 15 is 0 Å². The lowest BCUT2D eigenvalue weighted by atomic mass is 10.0. The van der Waals surface area contributed by atoms with Crippen LogP contribution in [0.2, 0.25) is 0 Å². The number of ether oxygens (including phenoxy) is 2. The standard InChI is InChI=1S/C22H29NO6/c1-7-8-9-15-12-18(24)27-16-10-13(2)11-17(19(15)16)28-20(25)14(3)23-21(26)29-22(4,5)6/h10-12,14H,7-9H2,1-6H3,(H,23,26)/t14-/m1/s1. The van der Waals surface area contributed by atoms with Crippen LogP contribution in [-0.4, -0.2) is 23.7 Å². The number of unbranched alkanes of at least 4 members (excludes halogenated alkanes) is 1. The first kappa shape index (κ1) is 22.5. The fourth-order valence-electron chi connectivity index (χ4n) is 2.86. The molecule has 0 fully saturated rings. The predicted molar refractivity (Wildman–Crippen MR) is 110 cm³/mol. The molecule has 158 valence electrons. The van der Waals surface area contributed by atoms with Gasteiger partial charge in [-0.3, -0.25) is 0 Å². The van der Waals surface area contributed by atoms with Crippen molar-refractivity contribution in [3.63, 3.8) is 0 Å². The second kappa shape index (κ2) is 9.11. The molecule has 0 bridgehead atoms.